The molecule has 1 nitrogen and oxygen atoms in total. The summed E-state index contributed by atoms with van der Waals surface area (Å²) in [4.78, 5) is 1.49. The van der Waals surface area contributed by atoms with Crippen molar-refractivity contribution in [2.24, 2.45) is 0 Å². The van der Waals surface area contributed by atoms with Crippen LogP contribution in [0.25, 0.3) is 0 Å². The molecule has 1 heterocycles. The Kier molecular flexibility index (Phi) is 6.77. The molecule has 1 aromatic heterocycles. The zero-order valence-electron chi connectivity index (χ0n) is 11.9. The Hall–Kier alpha value is -0.640. The predicted octanol–water partition coefficient (Wildman–Crippen LogP) is 5.05. The lowest BCUT2D eigenvalue weighted by atomic mass is 10.0. The lowest BCUT2D eigenvalue weighted by Gasteiger charge is -2.19. The quantitative estimate of drug-likeness (QED) is 0.701. The molecule has 108 valence electrons. The van der Waals surface area contributed by atoms with E-state index in [1.165, 1.54) is 34.2 Å². The van der Waals surface area contributed by atoms with E-state index in [0.717, 1.165) is 13.0 Å². The van der Waals surface area contributed by atoms with E-state index in [-0.39, 0.29) is 0 Å². The van der Waals surface area contributed by atoms with Crippen molar-refractivity contribution in [3.63, 3.8) is 0 Å². The van der Waals surface area contributed by atoms with Crippen LogP contribution in [-0.2, 0) is 12.8 Å². The van der Waals surface area contributed by atoms with Crippen molar-refractivity contribution in [1.29, 1.82) is 0 Å². The summed E-state index contributed by atoms with van der Waals surface area (Å²) in [5.74, 6) is 0. The van der Waals surface area contributed by atoms with Crippen LogP contribution in [0.4, 0.5) is 0 Å². The first-order valence-electron chi connectivity index (χ1n) is 7.28. The van der Waals surface area contributed by atoms with Gasteiger partial charge in [0.1, 0.15) is 0 Å². The smallest absolute Gasteiger partial charge is 0.0207 e. The van der Waals surface area contributed by atoms with Crippen LogP contribution in [0, 0.1) is 0 Å². The van der Waals surface area contributed by atoms with Crippen molar-refractivity contribution in [2.75, 3.05) is 6.54 Å². The molecule has 1 aromatic carbocycles. The Morgan fingerprint density at radius 2 is 2.05 bits per heavy atom. The third-order valence-electron chi connectivity index (χ3n) is 3.43. The van der Waals surface area contributed by atoms with E-state index in [1.54, 1.807) is 0 Å². The van der Waals surface area contributed by atoms with Crippen molar-refractivity contribution in [1.82, 2.24) is 5.32 Å². The largest absolute Gasteiger partial charge is 0.314 e. The van der Waals surface area contributed by atoms with E-state index < -0.39 is 0 Å². The summed E-state index contributed by atoms with van der Waals surface area (Å²) in [5, 5.41) is 5.86. The molecule has 0 spiro atoms. The van der Waals surface area contributed by atoms with Crippen LogP contribution < -0.4 is 5.32 Å². The summed E-state index contributed by atoms with van der Waals surface area (Å²) >= 11 is 5.52. The second kappa shape index (κ2) is 8.60. The van der Waals surface area contributed by atoms with E-state index in [0.29, 0.717) is 6.04 Å². The van der Waals surface area contributed by atoms with Crippen LogP contribution in [0.15, 0.2) is 46.3 Å². The van der Waals surface area contributed by atoms with Gasteiger partial charge < -0.3 is 5.32 Å². The Balaban J connectivity index is 1.94. The van der Waals surface area contributed by atoms with Gasteiger partial charge in [0.15, 0.2) is 0 Å². The lowest BCUT2D eigenvalue weighted by Crippen LogP contribution is -2.32. The van der Waals surface area contributed by atoms with Crippen LogP contribution in [0.3, 0.4) is 0 Å². The number of rotatable bonds is 8. The zero-order valence-corrected chi connectivity index (χ0v) is 14.3. The molecule has 2 aromatic rings. The summed E-state index contributed by atoms with van der Waals surface area (Å²) in [7, 11) is 0. The summed E-state index contributed by atoms with van der Waals surface area (Å²) in [6, 6.07) is 13.5. The molecule has 0 aliphatic rings. The van der Waals surface area contributed by atoms with Gasteiger partial charge in [-0.3, -0.25) is 0 Å². The van der Waals surface area contributed by atoms with Gasteiger partial charge in [-0.15, -0.1) is 11.3 Å². The number of halogens is 1. The summed E-state index contributed by atoms with van der Waals surface area (Å²) < 4.78 is 1.22. The first-order chi connectivity index (χ1) is 9.79. The molecular weight excluding hydrogens is 330 g/mol. The molecule has 1 unspecified atom stereocenters. The van der Waals surface area contributed by atoms with Crippen LogP contribution in [0.5, 0.6) is 0 Å². The lowest BCUT2D eigenvalue weighted by molar-refractivity contribution is 0.478. The molecule has 0 fully saturated rings. The maximum atomic E-state index is 3.69. The minimum Gasteiger partial charge on any atom is -0.314 e. The number of thiophene rings is 1. The molecule has 0 bridgehead atoms. The highest BCUT2D eigenvalue weighted by atomic mass is 79.9. The fourth-order valence-electron chi connectivity index (χ4n) is 2.33. The fraction of sp³-hybridized carbons (Fsp3) is 0.412. The zero-order chi connectivity index (χ0) is 14.2. The minimum absolute atomic E-state index is 0.552. The van der Waals surface area contributed by atoms with Crippen LogP contribution in [-0.4, -0.2) is 12.6 Å². The Morgan fingerprint density at radius 1 is 1.20 bits per heavy atom. The molecule has 0 amide bonds. The first-order valence-corrected chi connectivity index (χ1v) is 8.96. The standard InChI is InChI=1S/C17H22BrNS/c1-2-11-19-15(9-10-16-7-5-12-20-16)13-14-6-3-4-8-17(14)18/h3-8,12,15,19H,2,9-11,13H2,1H3. The molecule has 3 heteroatoms. The third kappa shape index (κ3) is 5.04. The van der Waals surface area contributed by atoms with Crippen LogP contribution in [0.2, 0.25) is 0 Å². The van der Waals surface area contributed by atoms with Crippen molar-refractivity contribution >= 4 is 27.3 Å². The average molecular weight is 352 g/mol. The van der Waals surface area contributed by atoms with Crippen molar-refractivity contribution < 1.29 is 0 Å². The maximum Gasteiger partial charge on any atom is 0.0207 e. The molecule has 0 saturated carbocycles. The van der Waals surface area contributed by atoms with E-state index in [4.69, 9.17) is 0 Å². The third-order valence-corrected chi connectivity index (χ3v) is 5.14. The van der Waals surface area contributed by atoms with Gasteiger partial charge in [-0.2, -0.15) is 0 Å². The second-order valence-electron chi connectivity index (χ2n) is 5.06. The average Bonchev–Trinajstić information content (AvgIpc) is 2.97. The van der Waals surface area contributed by atoms with E-state index >= 15 is 0 Å². The Bertz CT molecular complexity index is 495. The van der Waals surface area contributed by atoms with Gasteiger partial charge in [0.05, 0.1) is 0 Å². The SMILES string of the molecule is CCCNC(CCc1cccs1)Cc1ccccc1Br. The van der Waals surface area contributed by atoms with Crippen LogP contribution >= 0.6 is 27.3 Å². The van der Waals surface area contributed by atoms with Gasteiger partial charge in [0, 0.05) is 15.4 Å². The highest BCUT2D eigenvalue weighted by Gasteiger charge is 2.11. The Morgan fingerprint density at radius 3 is 2.75 bits per heavy atom. The summed E-state index contributed by atoms with van der Waals surface area (Å²) in [6.07, 6.45) is 4.64. The van der Waals surface area contributed by atoms with Gasteiger partial charge in [0.25, 0.3) is 0 Å². The first kappa shape index (κ1) is 15.7. The molecule has 1 N–H and O–H groups in total. The van der Waals surface area contributed by atoms with Gasteiger partial charge >= 0.3 is 0 Å². The van der Waals surface area contributed by atoms with E-state index in [2.05, 4.69) is 69.9 Å². The van der Waals surface area contributed by atoms with E-state index in [1.807, 2.05) is 11.3 Å². The number of hydrogen-bond acceptors (Lipinski definition) is 2. The normalized spacial score (nSPS) is 12.5. The summed E-state index contributed by atoms with van der Waals surface area (Å²) in [5.41, 5.74) is 1.40. The highest BCUT2D eigenvalue weighted by Crippen LogP contribution is 2.20. The van der Waals surface area contributed by atoms with Crippen LogP contribution in [0.1, 0.15) is 30.2 Å². The molecule has 0 radical (unpaired) electrons. The minimum atomic E-state index is 0.552. The van der Waals surface area contributed by atoms with Crippen molar-refractivity contribution in [2.45, 2.75) is 38.6 Å². The second-order valence-corrected chi connectivity index (χ2v) is 6.95. The number of nitrogens with one attached hydrogen (secondary N) is 1. The van der Waals surface area contributed by atoms with Gasteiger partial charge in [-0.25, -0.2) is 0 Å². The van der Waals surface area contributed by atoms with Gasteiger partial charge in [-0.1, -0.05) is 47.1 Å². The monoisotopic (exact) mass is 351 g/mol. The fourth-order valence-corrected chi connectivity index (χ4v) is 3.50. The molecule has 20 heavy (non-hydrogen) atoms. The van der Waals surface area contributed by atoms with Crippen molar-refractivity contribution in [3.8, 4) is 0 Å². The highest BCUT2D eigenvalue weighted by molar-refractivity contribution is 9.10. The topological polar surface area (TPSA) is 12.0 Å². The Labute approximate surface area is 134 Å². The molecule has 1 atom stereocenters. The molecule has 0 aliphatic heterocycles. The molecule has 0 aliphatic carbocycles. The number of benzene rings is 1. The van der Waals surface area contributed by atoms with Crippen molar-refractivity contribution in [3.05, 3.63) is 56.7 Å². The number of hydrogen-bond donors (Lipinski definition) is 1. The van der Waals surface area contributed by atoms with Gasteiger partial charge in [-0.05, 0) is 55.3 Å². The maximum absolute atomic E-state index is 3.69. The molecule has 0 saturated heterocycles. The summed E-state index contributed by atoms with van der Waals surface area (Å²) in [6.45, 7) is 3.32. The molecular formula is C17H22BrNS. The number of aryl methyl sites for hydroxylation is 1. The predicted molar refractivity (Wildman–Crippen MR) is 92.6 cm³/mol. The molecule has 2 rings (SSSR count). The van der Waals surface area contributed by atoms with Gasteiger partial charge in [0.2, 0.25) is 0 Å². The van der Waals surface area contributed by atoms with E-state index in [9.17, 15) is 0 Å².